The number of nitrogens with zero attached hydrogens (tertiary/aromatic N) is 2. The van der Waals surface area contributed by atoms with Gasteiger partial charge in [0.05, 0.1) is 33.1 Å². The van der Waals surface area contributed by atoms with Crippen molar-refractivity contribution in [1.29, 1.82) is 0 Å². The molecule has 20 rings (SSSR count). The molecule has 0 atom stereocenters. The number of benzene rings is 12. The van der Waals surface area contributed by atoms with Crippen LogP contribution in [-0.2, 0) is 0 Å². The van der Waals surface area contributed by atoms with Gasteiger partial charge in [0.2, 0.25) is 0 Å². The number of hydrogen-bond acceptors (Lipinski definition) is 4. The van der Waals surface area contributed by atoms with E-state index in [1.54, 1.807) is 0 Å². The van der Waals surface area contributed by atoms with Crippen LogP contribution in [0.4, 0.5) is 0 Å². The highest BCUT2D eigenvalue weighted by molar-refractivity contribution is 6.34. The topological polar surface area (TPSA) is 61.4 Å². The molecule has 8 aromatic heterocycles. The SMILES string of the molecule is Cc1ccccc1-c1cc2c3ccc4c5ccccc5oc4c3n3c2c(c1)c1ccc2c4cc(-c5cccc6oc7c(ccc8c9cc(-c%10c(C)cccc%10C)cc%10c%11ccc%12c%13ccccc%13oc%12c%11n(c%109)c87)c56)ccc4oc2c13. The quantitative estimate of drug-likeness (QED) is 0.177. The first-order valence-electron chi connectivity index (χ1n) is 27.9. The largest absolute Gasteiger partial charge is 0.454 e. The van der Waals surface area contributed by atoms with Crippen molar-refractivity contribution < 1.29 is 17.7 Å². The highest BCUT2D eigenvalue weighted by atomic mass is 16.3. The van der Waals surface area contributed by atoms with Crippen LogP contribution < -0.4 is 0 Å². The highest BCUT2D eigenvalue weighted by Gasteiger charge is 2.29. The molecule has 6 heteroatoms. The monoisotopic (exact) mass is 1030 g/mol. The molecule has 81 heavy (non-hydrogen) atoms. The average Bonchev–Trinajstić information content (AvgIpc) is 4.46. The summed E-state index contributed by atoms with van der Waals surface area (Å²) in [6, 6.07) is 73.0. The molecule has 8 heterocycles. The van der Waals surface area contributed by atoms with Crippen LogP contribution in [0, 0.1) is 20.8 Å². The van der Waals surface area contributed by atoms with Gasteiger partial charge in [0.1, 0.15) is 22.3 Å². The average molecular weight is 1040 g/mol. The lowest BCUT2D eigenvalue weighted by molar-refractivity contribution is 0.669. The van der Waals surface area contributed by atoms with E-state index in [0.717, 1.165) is 142 Å². The second-order valence-corrected chi connectivity index (χ2v) is 22.7. The van der Waals surface area contributed by atoms with Gasteiger partial charge in [0.15, 0.2) is 22.3 Å². The van der Waals surface area contributed by atoms with E-state index in [-0.39, 0.29) is 0 Å². The molecule has 0 aliphatic carbocycles. The molecule has 0 saturated carbocycles. The zero-order valence-corrected chi connectivity index (χ0v) is 44.1. The Morgan fingerprint density at radius 1 is 0.247 bits per heavy atom. The fourth-order valence-electron chi connectivity index (χ4n) is 15.1. The van der Waals surface area contributed by atoms with E-state index in [4.69, 9.17) is 17.7 Å². The van der Waals surface area contributed by atoms with Crippen molar-refractivity contribution in [1.82, 2.24) is 8.80 Å². The van der Waals surface area contributed by atoms with E-state index >= 15 is 0 Å². The van der Waals surface area contributed by atoms with Crippen molar-refractivity contribution in [2.75, 3.05) is 0 Å². The molecule has 0 bridgehead atoms. The minimum absolute atomic E-state index is 0.834. The summed E-state index contributed by atoms with van der Waals surface area (Å²) in [6.07, 6.45) is 0. The first-order chi connectivity index (χ1) is 39.9. The van der Waals surface area contributed by atoms with Gasteiger partial charge in [-0.05, 0) is 150 Å². The number of fused-ring (bicyclic) bond motifs is 28. The van der Waals surface area contributed by atoms with E-state index in [1.807, 2.05) is 6.07 Å². The number of furan rings is 4. The van der Waals surface area contributed by atoms with Crippen molar-refractivity contribution >= 4 is 164 Å². The third-order valence-electron chi connectivity index (χ3n) is 18.6. The summed E-state index contributed by atoms with van der Waals surface area (Å²) in [5.41, 5.74) is 24.3. The second-order valence-electron chi connectivity index (χ2n) is 22.7. The zero-order valence-electron chi connectivity index (χ0n) is 44.1. The zero-order chi connectivity index (χ0) is 52.8. The van der Waals surface area contributed by atoms with Crippen LogP contribution in [0.1, 0.15) is 16.7 Å². The Kier molecular flexibility index (Phi) is 7.63. The van der Waals surface area contributed by atoms with Gasteiger partial charge in [-0.3, -0.25) is 0 Å². The number of para-hydroxylation sites is 2. The van der Waals surface area contributed by atoms with Crippen LogP contribution in [0.15, 0.2) is 218 Å². The first kappa shape index (κ1) is 42.5. The van der Waals surface area contributed by atoms with E-state index in [1.165, 1.54) is 71.5 Å². The number of aryl methyl sites for hydroxylation is 3. The van der Waals surface area contributed by atoms with Crippen molar-refractivity contribution in [3.63, 3.8) is 0 Å². The molecule has 0 saturated heterocycles. The van der Waals surface area contributed by atoms with E-state index < -0.39 is 0 Å². The standard InChI is InChI=1S/C75H42N2O4/c1-37-12-4-5-15-43(37)41-33-56-47-23-27-51-45-16-6-8-19-60(45)78-72(51)68(47)76-66(56)57(34-41)48-25-29-53-55-32-40(22-31-62(55)80-74(53)70(48)76)44-18-11-21-63-65(44)54-30-26-50-59-36-42(64-38(2)13-10-14-39(64)3)35-58-49-24-28-52-46-17-7-9-20-61(46)79-73(52)69(49)77(67(58)59)71(50)75(54)81-63/h4-36H,1-3H3. The molecule has 0 amide bonds. The van der Waals surface area contributed by atoms with E-state index in [2.05, 4.69) is 224 Å². The smallest absolute Gasteiger partial charge is 0.160 e. The molecule has 12 aromatic carbocycles. The Hall–Kier alpha value is -10.6. The molecule has 6 nitrogen and oxygen atoms in total. The Morgan fingerprint density at radius 3 is 1.21 bits per heavy atom. The molecule has 0 aliphatic heterocycles. The molecule has 0 unspecified atom stereocenters. The van der Waals surface area contributed by atoms with Gasteiger partial charge >= 0.3 is 0 Å². The lowest BCUT2D eigenvalue weighted by Gasteiger charge is -2.11. The van der Waals surface area contributed by atoms with Gasteiger partial charge in [-0.15, -0.1) is 0 Å². The van der Waals surface area contributed by atoms with Crippen molar-refractivity contribution in [3.05, 3.63) is 217 Å². The van der Waals surface area contributed by atoms with Crippen LogP contribution in [0.3, 0.4) is 0 Å². The lowest BCUT2D eigenvalue weighted by Crippen LogP contribution is -1.88. The van der Waals surface area contributed by atoms with Crippen LogP contribution in [0.5, 0.6) is 0 Å². The number of rotatable bonds is 3. The summed E-state index contributed by atoms with van der Waals surface area (Å²) in [4.78, 5) is 0. The van der Waals surface area contributed by atoms with Crippen LogP contribution in [0.25, 0.3) is 197 Å². The van der Waals surface area contributed by atoms with Gasteiger partial charge in [-0.2, -0.15) is 0 Å². The molecule has 376 valence electrons. The predicted molar refractivity (Wildman–Crippen MR) is 335 cm³/mol. The predicted octanol–water partition coefficient (Wildman–Crippen LogP) is 21.5. The molecule has 0 N–H and O–H groups in total. The highest BCUT2D eigenvalue weighted by Crippen LogP contribution is 2.52. The summed E-state index contributed by atoms with van der Waals surface area (Å²) in [5.74, 6) is 0. The Balaban J connectivity index is 0.849. The molecule has 0 radical (unpaired) electrons. The van der Waals surface area contributed by atoms with Gasteiger partial charge in [0.25, 0.3) is 0 Å². The third kappa shape index (κ3) is 5.16. The molecule has 0 spiro atoms. The van der Waals surface area contributed by atoms with Crippen LogP contribution in [0.2, 0.25) is 0 Å². The molecular weight excluding hydrogens is 993 g/mol. The van der Waals surface area contributed by atoms with Gasteiger partial charge < -0.3 is 26.5 Å². The fourth-order valence-corrected chi connectivity index (χ4v) is 15.1. The molecule has 0 fully saturated rings. The summed E-state index contributed by atoms with van der Waals surface area (Å²) >= 11 is 0. The minimum atomic E-state index is 0.834. The van der Waals surface area contributed by atoms with Crippen LogP contribution >= 0.6 is 0 Å². The molecular formula is C75H42N2O4. The summed E-state index contributed by atoms with van der Waals surface area (Å²) in [6.45, 7) is 6.64. The van der Waals surface area contributed by atoms with Crippen LogP contribution in [-0.4, -0.2) is 8.80 Å². The maximum atomic E-state index is 7.25. The number of aromatic nitrogens is 2. The van der Waals surface area contributed by atoms with E-state index in [9.17, 15) is 0 Å². The lowest BCUT2D eigenvalue weighted by atomic mass is 9.93. The summed E-state index contributed by atoms with van der Waals surface area (Å²) in [5, 5.41) is 18.1. The maximum absolute atomic E-state index is 7.25. The van der Waals surface area contributed by atoms with E-state index in [0.29, 0.717) is 0 Å². The normalized spacial score (nSPS) is 12.9. The summed E-state index contributed by atoms with van der Waals surface area (Å²) in [7, 11) is 0. The van der Waals surface area contributed by atoms with Crippen molar-refractivity contribution in [2.45, 2.75) is 20.8 Å². The number of hydrogen-bond donors (Lipinski definition) is 0. The minimum Gasteiger partial charge on any atom is -0.454 e. The molecule has 20 aromatic rings. The molecule has 0 aliphatic rings. The third-order valence-corrected chi connectivity index (χ3v) is 18.6. The van der Waals surface area contributed by atoms with Gasteiger partial charge in [-0.1, -0.05) is 121 Å². The Labute approximate surface area is 459 Å². The summed E-state index contributed by atoms with van der Waals surface area (Å²) < 4.78 is 33.1. The Bertz CT molecular complexity index is 6220. The van der Waals surface area contributed by atoms with Crippen molar-refractivity contribution in [3.8, 4) is 33.4 Å². The second kappa shape index (κ2) is 14.6. The maximum Gasteiger partial charge on any atom is 0.160 e. The van der Waals surface area contributed by atoms with Crippen molar-refractivity contribution in [2.24, 2.45) is 0 Å². The fraction of sp³-hybridized carbons (Fsp3) is 0.0400. The van der Waals surface area contributed by atoms with Gasteiger partial charge in [-0.25, -0.2) is 0 Å². The van der Waals surface area contributed by atoms with Gasteiger partial charge in [0, 0.05) is 86.2 Å². The first-order valence-corrected chi connectivity index (χ1v) is 27.9. The Morgan fingerprint density at radius 2 is 0.642 bits per heavy atom.